The molecule has 0 fully saturated rings. The molecule has 0 aromatic heterocycles. The van der Waals surface area contributed by atoms with Crippen LogP contribution in [0.5, 0.6) is 0 Å². The van der Waals surface area contributed by atoms with E-state index in [9.17, 15) is 8.42 Å². The Kier molecular flexibility index (Phi) is 6.15. The van der Waals surface area contributed by atoms with E-state index < -0.39 is 10.0 Å². The number of hydrogen-bond donors (Lipinski definition) is 2. The average Bonchev–Trinajstić information content (AvgIpc) is 2.41. The molecule has 0 bridgehead atoms. The van der Waals surface area contributed by atoms with Crippen molar-refractivity contribution in [3.63, 3.8) is 0 Å². The molecule has 21 heavy (non-hydrogen) atoms. The van der Waals surface area contributed by atoms with Gasteiger partial charge in [0.15, 0.2) is 0 Å². The Morgan fingerprint density at radius 3 is 2.38 bits per heavy atom. The normalized spacial score (nSPS) is 12.1. The molecule has 3 N–H and O–H groups in total. The van der Waals surface area contributed by atoms with Crippen molar-refractivity contribution in [1.82, 2.24) is 4.31 Å². The van der Waals surface area contributed by atoms with Crippen LogP contribution in [0.15, 0.2) is 11.0 Å². The maximum Gasteiger partial charge on any atom is 0.243 e. The molecule has 0 aliphatic carbocycles. The van der Waals surface area contributed by atoms with E-state index in [1.165, 1.54) is 11.4 Å². The van der Waals surface area contributed by atoms with Crippen LogP contribution in [0, 0.1) is 20.8 Å². The molecule has 0 saturated carbocycles. The molecule has 0 spiro atoms. The SMILES string of the molecule is COCCN(CCO)S(=O)(=O)c1c(C)c(C)cc(N)c1C. The quantitative estimate of drug-likeness (QED) is 0.727. The number of ether oxygens (including phenoxy) is 1. The Labute approximate surface area is 126 Å². The number of aliphatic hydroxyl groups is 1. The largest absolute Gasteiger partial charge is 0.398 e. The molecular weight excluding hydrogens is 292 g/mol. The smallest absolute Gasteiger partial charge is 0.243 e. The second kappa shape index (κ2) is 7.22. The fourth-order valence-electron chi connectivity index (χ4n) is 2.21. The highest BCUT2D eigenvalue weighted by Gasteiger charge is 2.28. The summed E-state index contributed by atoms with van der Waals surface area (Å²) in [6.45, 7) is 5.52. The van der Waals surface area contributed by atoms with Crippen LogP contribution in [-0.4, -0.2) is 51.2 Å². The highest BCUT2D eigenvalue weighted by molar-refractivity contribution is 7.89. The number of aryl methyl sites for hydroxylation is 1. The van der Waals surface area contributed by atoms with Crippen molar-refractivity contribution in [1.29, 1.82) is 0 Å². The van der Waals surface area contributed by atoms with Gasteiger partial charge < -0.3 is 15.6 Å². The van der Waals surface area contributed by atoms with E-state index >= 15 is 0 Å². The summed E-state index contributed by atoms with van der Waals surface area (Å²) in [5, 5.41) is 9.12. The van der Waals surface area contributed by atoms with Gasteiger partial charge >= 0.3 is 0 Å². The molecule has 0 aliphatic heterocycles. The minimum absolute atomic E-state index is 0.0262. The van der Waals surface area contributed by atoms with E-state index in [0.29, 0.717) is 16.8 Å². The van der Waals surface area contributed by atoms with Gasteiger partial charge in [-0.3, -0.25) is 0 Å². The summed E-state index contributed by atoms with van der Waals surface area (Å²) in [7, 11) is -2.22. The van der Waals surface area contributed by atoms with Crippen LogP contribution in [0.3, 0.4) is 0 Å². The van der Waals surface area contributed by atoms with Crippen LogP contribution in [-0.2, 0) is 14.8 Å². The van der Waals surface area contributed by atoms with Crippen LogP contribution in [0.4, 0.5) is 5.69 Å². The number of benzene rings is 1. The predicted octanol–water partition coefficient (Wildman–Crippen LogP) is 0.823. The van der Waals surface area contributed by atoms with Gasteiger partial charge in [0.25, 0.3) is 0 Å². The molecule has 0 saturated heterocycles. The molecule has 0 aliphatic rings. The first kappa shape index (κ1) is 17.9. The molecule has 6 nitrogen and oxygen atoms in total. The second-order valence-corrected chi connectivity index (χ2v) is 6.86. The summed E-state index contributed by atoms with van der Waals surface area (Å²) in [6, 6.07) is 1.77. The molecule has 1 rings (SSSR count). The lowest BCUT2D eigenvalue weighted by molar-refractivity contribution is 0.168. The highest BCUT2D eigenvalue weighted by Crippen LogP contribution is 2.30. The Balaban J connectivity index is 3.41. The molecule has 0 heterocycles. The summed E-state index contributed by atoms with van der Waals surface area (Å²) >= 11 is 0. The van der Waals surface area contributed by atoms with Crippen LogP contribution in [0.2, 0.25) is 0 Å². The van der Waals surface area contributed by atoms with Gasteiger partial charge in [-0.05, 0) is 43.5 Å². The predicted molar refractivity (Wildman–Crippen MR) is 82.8 cm³/mol. The summed E-state index contributed by atoms with van der Waals surface area (Å²) in [4.78, 5) is 0.226. The monoisotopic (exact) mass is 316 g/mol. The number of anilines is 1. The van der Waals surface area contributed by atoms with E-state index in [1.807, 2.05) is 6.92 Å². The number of sulfonamides is 1. The van der Waals surface area contributed by atoms with Gasteiger partial charge in [-0.1, -0.05) is 0 Å². The highest BCUT2D eigenvalue weighted by atomic mass is 32.2. The third-order valence-corrected chi connectivity index (χ3v) is 5.74. The molecular formula is C14H24N2O4S. The van der Waals surface area contributed by atoms with Crippen molar-refractivity contribution in [3.8, 4) is 0 Å². The number of nitrogen functional groups attached to an aromatic ring is 1. The summed E-state index contributed by atoms with van der Waals surface area (Å²) in [5.41, 5.74) is 8.40. The molecule has 1 aromatic carbocycles. The number of hydrogen-bond acceptors (Lipinski definition) is 5. The van der Waals surface area contributed by atoms with Crippen molar-refractivity contribution < 1.29 is 18.3 Å². The van der Waals surface area contributed by atoms with Gasteiger partial charge in [0.2, 0.25) is 10.0 Å². The van der Waals surface area contributed by atoms with E-state index in [2.05, 4.69) is 0 Å². The number of rotatable bonds is 7. The Bertz CT molecular complexity index is 573. The summed E-state index contributed by atoms with van der Waals surface area (Å²) in [5.74, 6) is 0. The first-order chi connectivity index (χ1) is 9.77. The number of methoxy groups -OCH3 is 1. The van der Waals surface area contributed by atoms with Crippen molar-refractivity contribution >= 4 is 15.7 Å². The fourth-order valence-corrected chi connectivity index (χ4v) is 4.16. The topological polar surface area (TPSA) is 92.9 Å². The summed E-state index contributed by atoms with van der Waals surface area (Å²) < 4.78 is 31.9. The van der Waals surface area contributed by atoms with E-state index in [0.717, 1.165) is 5.56 Å². The Morgan fingerprint density at radius 1 is 1.24 bits per heavy atom. The van der Waals surface area contributed by atoms with Gasteiger partial charge in [-0.15, -0.1) is 0 Å². The van der Waals surface area contributed by atoms with E-state index in [1.54, 1.807) is 19.9 Å². The van der Waals surface area contributed by atoms with Gasteiger partial charge in [0.1, 0.15) is 0 Å². The Hall–Kier alpha value is -1.15. The zero-order valence-corrected chi connectivity index (χ0v) is 13.8. The van der Waals surface area contributed by atoms with Crippen molar-refractivity contribution in [3.05, 3.63) is 22.8 Å². The second-order valence-electron chi connectivity index (χ2n) is 4.98. The molecule has 0 atom stereocenters. The molecule has 0 radical (unpaired) electrons. The van der Waals surface area contributed by atoms with E-state index in [4.69, 9.17) is 15.6 Å². The van der Waals surface area contributed by atoms with Gasteiger partial charge in [-0.2, -0.15) is 4.31 Å². The number of nitrogens with zero attached hydrogens (tertiary/aromatic N) is 1. The Morgan fingerprint density at radius 2 is 1.86 bits per heavy atom. The fraction of sp³-hybridized carbons (Fsp3) is 0.571. The van der Waals surface area contributed by atoms with Crippen LogP contribution in [0.25, 0.3) is 0 Å². The molecule has 0 amide bonds. The van der Waals surface area contributed by atoms with Gasteiger partial charge in [0.05, 0.1) is 18.1 Å². The van der Waals surface area contributed by atoms with Crippen LogP contribution >= 0.6 is 0 Å². The number of aliphatic hydroxyl groups excluding tert-OH is 1. The minimum Gasteiger partial charge on any atom is -0.398 e. The summed E-state index contributed by atoms with van der Waals surface area (Å²) in [6.07, 6.45) is 0. The zero-order chi connectivity index (χ0) is 16.2. The third-order valence-electron chi connectivity index (χ3n) is 3.57. The lowest BCUT2D eigenvalue weighted by Gasteiger charge is -2.24. The van der Waals surface area contributed by atoms with Crippen molar-refractivity contribution in [2.45, 2.75) is 25.7 Å². The lowest BCUT2D eigenvalue weighted by atomic mass is 10.1. The maximum atomic E-state index is 12.9. The van der Waals surface area contributed by atoms with Crippen molar-refractivity contribution in [2.24, 2.45) is 0 Å². The molecule has 7 heteroatoms. The first-order valence-electron chi connectivity index (χ1n) is 6.73. The van der Waals surface area contributed by atoms with E-state index in [-0.39, 0.29) is 31.2 Å². The maximum absolute atomic E-state index is 12.9. The number of nitrogens with two attached hydrogens (primary N) is 1. The first-order valence-corrected chi connectivity index (χ1v) is 8.17. The van der Waals surface area contributed by atoms with Gasteiger partial charge in [0, 0.05) is 25.9 Å². The molecule has 0 unspecified atom stereocenters. The minimum atomic E-state index is -3.73. The van der Waals surface area contributed by atoms with Crippen LogP contribution < -0.4 is 5.73 Å². The average molecular weight is 316 g/mol. The third kappa shape index (κ3) is 3.74. The van der Waals surface area contributed by atoms with Gasteiger partial charge in [-0.25, -0.2) is 8.42 Å². The molecule has 120 valence electrons. The molecule has 1 aromatic rings. The standard InChI is InChI=1S/C14H24N2O4S/c1-10-9-13(15)12(3)14(11(10)2)21(18,19)16(5-7-17)6-8-20-4/h9,17H,5-8,15H2,1-4H3. The lowest BCUT2D eigenvalue weighted by Crippen LogP contribution is -2.37. The van der Waals surface area contributed by atoms with Crippen molar-refractivity contribution in [2.75, 3.05) is 39.1 Å². The zero-order valence-electron chi connectivity index (χ0n) is 13.0. The van der Waals surface area contributed by atoms with Crippen LogP contribution in [0.1, 0.15) is 16.7 Å².